The summed E-state index contributed by atoms with van der Waals surface area (Å²) in [5, 5.41) is 7.68. The van der Waals surface area contributed by atoms with Crippen LogP contribution in [0.15, 0.2) is 42.7 Å². The van der Waals surface area contributed by atoms with Gasteiger partial charge in [-0.15, -0.1) is 5.10 Å². The molecular weight excluding hydrogens is 501 g/mol. The number of fused-ring (bicyclic) bond motifs is 2. The van der Waals surface area contributed by atoms with Gasteiger partial charge in [-0.05, 0) is 57.0 Å². The normalized spacial score (nSPS) is 17.6. The van der Waals surface area contributed by atoms with E-state index in [2.05, 4.69) is 20.4 Å². The summed E-state index contributed by atoms with van der Waals surface area (Å²) in [6.07, 6.45) is 2.32. The number of hydrogen-bond acceptors (Lipinski definition) is 7. The molecule has 12 heteroatoms. The number of piperidine rings is 1. The molecule has 0 aliphatic carbocycles. The van der Waals surface area contributed by atoms with Gasteiger partial charge in [0.2, 0.25) is 11.8 Å². The number of carbonyl (C=O) groups is 1. The molecule has 1 aliphatic heterocycles. The Morgan fingerprint density at radius 2 is 2.03 bits per heavy atom. The highest BCUT2D eigenvalue weighted by molar-refractivity contribution is 5.91. The Hall–Kier alpha value is -4.09. The van der Waals surface area contributed by atoms with Crippen LogP contribution in [-0.2, 0) is 4.74 Å². The number of alkyl halides is 2. The number of anilines is 1. The summed E-state index contributed by atoms with van der Waals surface area (Å²) < 4.78 is 57.0. The second-order valence-corrected chi connectivity index (χ2v) is 10.1. The van der Waals surface area contributed by atoms with E-state index in [0.29, 0.717) is 22.0 Å². The standard InChI is InChI=1S/C26H27F3N6O3/c1-25(2,3)38-24(36)34-10-8-19(26(28,29)14-34)31-23-32-22(37-4)21-17(7-11-35(21)33-23)16-12-15-6-5-9-30-20(15)18(27)13-16/h5-7,9,11-13,19H,8,10,14H2,1-4H3,(H,31,33)/t19-/m1/s1. The first kappa shape index (κ1) is 25.6. The molecular formula is C26H27F3N6O3. The number of methoxy groups -OCH3 is 1. The number of benzene rings is 1. The quantitative estimate of drug-likeness (QED) is 0.392. The molecule has 38 heavy (non-hydrogen) atoms. The summed E-state index contributed by atoms with van der Waals surface area (Å²) in [5.74, 6) is -3.68. The first-order valence-corrected chi connectivity index (χ1v) is 12.1. The number of hydrogen-bond donors (Lipinski definition) is 1. The van der Waals surface area contributed by atoms with E-state index in [1.165, 1.54) is 23.9 Å². The van der Waals surface area contributed by atoms with Gasteiger partial charge in [0.1, 0.15) is 22.5 Å². The second-order valence-electron chi connectivity index (χ2n) is 10.1. The predicted octanol–water partition coefficient (Wildman–Crippen LogP) is 5.15. The van der Waals surface area contributed by atoms with E-state index >= 15 is 8.78 Å². The molecule has 1 aromatic carbocycles. The Morgan fingerprint density at radius 1 is 1.24 bits per heavy atom. The van der Waals surface area contributed by atoms with Gasteiger partial charge in [-0.2, -0.15) is 4.98 Å². The molecule has 1 saturated heterocycles. The maximum atomic E-state index is 15.0. The van der Waals surface area contributed by atoms with Crippen LogP contribution < -0.4 is 10.1 Å². The third kappa shape index (κ3) is 4.90. The lowest BCUT2D eigenvalue weighted by Crippen LogP contribution is -2.56. The SMILES string of the molecule is COc1nc(N[C@@H]2CCN(C(=O)OC(C)(C)C)CC2(F)F)nn2ccc(-c3cc(F)c4ncccc4c3)c12. The monoisotopic (exact) mass is 528 g/mol. The van der Waals surface area contributed by atoms with Crippen molar-refractivity contribution >= 4 is 28.5 Å². The van der Waals surface area contributed by atoms with Crippen molar-refractivity contribution in [1.29, 1.82) is 0 Å². The van der Waals surface area contributed by atoms with Crippen LogP contribution in [0.25, 0.3) is 27.5 Å². The molecule has 0 radical (unpaired) electrons. The largest absolute Gasteiger partial charge is 0.479 e. The summed E-state index contributed by atoms with van der Waals surface area (Å²) in [6.45, 7) is 4.32. The van der Waals surface area contributed by atoms with Crippen LogP contribution in [0.3, 0.4) is 0 Å². The van der Waals surface area contributed by atoms with Gasteiger partial charge in [-0.25, -0.2) is 22.5 Å². The van der Waals surface area contributed by atoms with Crippen molar-refractivity contribution in [2.45, 2.75) is 44.8 Å². The highest BCUT2D eigenvalue weighted by atomic mass is 19.3. The molecule has 1 atom stereocenters. The molecule has 0 saturated carbocycles. The minimum atomic E-state index is -3.26. The van der Waals surface area contributed by atoms with E-state index in [0.717, 1.165) is 4.90 Å². The van der Waals surface area contributed by atoms with Crippen molar-refractivity contribution in [2.24, 2.45) is 0 Å². The molecule has 1 fully saturated rings. The van der Waals surface area contributed by atoms with E-state index in [1.807, 2.05) is 0 Å². The van der Waals surface area contributed by atoms with Gasteiger partial charge < -0.3 is 19.7 Å². The Bertz CT molecular complexity index is 1520. The Morgan fingerprint density at radius 3 is 2.74 bits per heavy atom. The molecule has 200 valence electrons. The van der Waals surface area contributed by atoms with Crippen LogP contribution in [0, 0.1) is 5.82 Å². The molecule has 4 heterocycles. The lowest BCUT2D eigenvalue weighted by Gasteiger charge is -2.38. The van der Waals surface area contributed by atoms with Crippen molar-refractivity contribution in [3.05, 3.63) is 48.5 Å². The number of nitrogens with one attached hydrogen (secondary N) is 1. The molecule has 5 rings (SSSR count). The Kier molecular flexibility index (Phi) is 6.28. The summed E-state index contributed by atoms with van der Waals surface area (Å²) in [6, 6.07) is 7.05. The minimum absolute atomic E-state index is 0.0444. The lowest BCUT2D eigenvalue weighted by molar-refractivity contribution is -0.0771. The third-order valence-electron chi connectivity index (χ3n) is 6.20. The fourth-order valence-electron chi connectivity index (χ4n) is 4.49. The number of pyridine rings is 1. The van der Waals surface area contributed by atoms with E-state index < -0.39 is 36.0 Å². The maximum Gasteiger partial charge on any atom is 0.410 e. The molecule has 3 aromatic heterocycles. The number of ether oxygens (including phenoxy) is 2. The number of likely N-dealkylation sites (tertiary alicyclic amines) is 1. The van der Waals surface area contributed by atoms with Gasteiger partial charge >= 0.3 is 6.09 Å². The molecule has 4 aromatic rings. The summed E-state index contributed by atoms with van der Waals surface area (Å²) in [4.78, 5) is 21.7. The predicted molar refractivity (Wildman–Crippen MR) is 135 cm³/mol. The van der Waals surface area contributed by atoms with Crippen molar-refractivity contribution in [2.75, 3.05) is 25.5 Å². The Balaban J connectivity index is 1.42. The van der Waals surface area contributed by atoms with Crippen LogP contribution in [0.4, 0.5) is 23.9 Å². The summed E-state index contributed by atoms with van der Waals surface area (Å²) >= 11 is 0. The summed E-state index contributed by atoms with van der Waals surface area (Å²) in [7, 11) is 1.40. The number of halogens is 3. The van der Waals surface area contributed by atoms with Crippen LogP contribution in [0.5, 0.6) is 5.88 Å². The molecule has 9 nitrogen and oxygen atoms in total. The number of aromatic nitrogens is 4. The molecule has 0 unspecified atom stereocenters. The second kappa shape index (κ2) is 9.34. The lowest BCUT2D eigenvalue weighted by atomic mass is 10.0. The fourth-order valence-corrected chi connectivity index (χ4v) is 4.49. The van der Waals surface area contributed by atoms with Crippen LogP contribution in [0.2, 0.25) is 0 Å². The number of carbonyl (C=O) groups excluding carboxylic acids is 1. The van der Waals surface area contributed by atoms with Crippen LogP contribution in [0.1, 0.15) is 27.2 Å². The van der Waals surface area contributed by atoms with Gasteiger partial charge in [0.25, 0.3) is 5.92 Å². The maximum absolute atomic E-state index is 15.0. The van der Waals surface area contributed by atoms with E-state index in [1.54, 1.807) is 51.2 Å². The van der Waals surface area contributed by atoms with Gasteiger partial charge in [0.15, 0.2) is 0 Å². The number of nitrogens with zero attached hydrogens (tertiary/aromatic N) is 5. The molecule has 0 spiro atoms. The van der Waals surface area contributed by atoms with Crippen LogP contribution in [-0.4, -0.2) is 68.3 Å². The van der Waals surface area contributed by atoms with Crippen molar-refractivity contribution in [1.82, 2.24) is 24.5 Å². The zero-order chi connectivity index (χ0) is 27.2. The van der Waals surface area contributed by atoms with E-state index in [9.17, 15) is 9.18 Å². The Labute approximate surface area is 216 Å². The fraction of sp³-hybridized carbons (Fsp3) is 0.385. The topological polar surface area (TPSA) is 93.9 Å². The van der Waals surface area contributed by atoms with Crippen molar-refractivity contribution in [3.63, 3.8) is 0 Å². The van der Waals surface area contributed by atoms with Gasteiger partial charge in [0.05, 0.1) is 19.7 Å². The first-order valence-electron chi connectivity index (χ1n) is 12.1. The summed E-state index contributed by atoms with van der Waals surface area (Å²) in [5.41, 5.74) is 1.09. The third-order valence-corrected chi connectivity index (χ3v) is 6.20. The van der Waals surface area contributed by atoms with Gasteiger partial charge in [-0.1, -0.05) is 6.07 Å². The van der Waals surface area contributed by atoms with E-state index in [4.69, 9.17) is 9.47 Å². The highest BCUT2D eigenvalue weighted by Gasteiger charge is 2.47. The minimum Gasteiger partial charge on any atom is -0.479 e. The highest BCUT2D eigenvalue weighted by Crippen LogP contribution is 2.35. The zero-order valence-electron chi connectivity index (χ0n) is 21.3. The number of amides is 1. The molecule has 1 amide bonds. The average Bonchev–Trinajstić information content (AvgIpc) is 3.27. The smallest absolute Gasteiger partial charge is 0.410 e. The number of rotatable bonds is 4. The van der Waals surface area contributed by atoms with Gasteiger partial charge in [-0.3, -0.25) is 4.98 Å². The van der Waals surface area contributed by atoms with Crippen molar-refractivity contribution < 1.29 is 27.4 Å². The molecule has 1 aliphatic rings. The van der Waals surface area contributed by atoms with Crippen LogP contribution >= 0.6 is 0 Å². The average molecular weight is 529 g/mol. The van der Waals surface area contributed by atoms with Gasteiger partial charge in [0, 0.05) is 29.9 Å². The molecule has 0 bridgehead atoms. The zero-order valence-corrected chi connectivity index (χ0v) is 21.3. The van der Waals surface area contributed by atoms with Crippen molar-refractivity contribution in [3.8, 4) is 17.0 Å². The first-order chi connectivity index (χ1) is 17.9. The molecule has 1 N–H and O–H groups in total. The van der Waals surface area contributed by atoms with E-state index in [-0.39, 0.29) is 30.3 Å².